The van der Waals surface area contributed by atoms with E-state index in [-0.39, 0.29) is 23.9 Å². The van der Waals surface area contributed by atoms with Crippen molar-refractivity contribution < 1.29 is 24.2 Å². The van der Waals surface area contributed by atoms with Gasteiger partial charge in [0, 0.05) is 17.8 Å². The van der Waals surface area contributed by atoms with Crippen LogP contribution in [0, 0.1) is 5.92 Å². The number of esters is 1. The normalized spacial score (nSPS) is 19.9. The molecule has 6 heteroatoms. The Morgan fingerprint density at radius 1 is 0.971 bits per heavy atom. The summed E-state index contributed by atoms with van der Waals surface area (Å²) in [5.74, 6) is 0.140. The third-order valence-electron chi connectivity index (χ3n) is 6.77. The molecule has 1 aliphatic rings. The van der Waals surface area contributed by atoms with Crippen molar-refractivity contribution in [2.45, 2.75) is 44.8 Å². The minimum Gasteiger partial charge on any atom is -0.508 e. The quantitative estimate of drug-likeness (QED) is 0.346. The van der Waals surface area contributed by atoms with Crippen LogP contribution in [0.5, 0.6) is 11.5 Å². The van der Waals surface area contributed by atoms with Crippen LogP contribution in [0.3, 0.4) is 0 Å². The Balaban J connectivity index is 1.63. The Morgan fingerprint density at radius 3 is 2.17 bits per heavy atom. The van der Waals surface area contributed by atoms with E-state index in [1.54, 1.807) is 36.3 Å². The highest BCUT2D eigenvalue weighted by atomic mass is 16.6. The van der Waals surface area contributed by atoms with Gasteiger partial charge in [-0.3, -0.25) is 4.79 Å². The minimum atomic E-state index is -1.08. The Labute approximate surface area is 206 Å². The predicted octanol–water partition coefficient (Wildman–Crippen LogP) is 5.45. The number of phenols is 1. The van der Waals surface area contributed by atoms with E-state index >= 15 is 0 Å². The SMILES string of the molecule is COc1ccc(N(c2ccccc2)C2C(=O)CC(CCc3ccc(O)cc3)(C(C)C)OC2=O)cc1. The summed E-state index contributed by atoms with van der Waals surface area (Å²) < 4.78 is 11.4. The fraction of sp³-hybridized carbons (Fsp3) is 0.310. The van der Waals surface area contributed by atoms with Crippen LogP contribution in [0.15, 0.2) is 78.9 Å². The highest BCUT2D eigenvalue weighted by Crippen LogP contribution is 2.40. The van der Waals surface area contributed by atoms with Gasteiger partial charge in [0.15, 0.2) is 11.8 Å². The number of ether oxygens (including phenoxy) is 2. The monoisotopic (exact) mass is 473 g/mol. The fourth-order valence-corrected chi connectivity index (χ4v) is 4.61. The van der Waals surface area contributed by atoms with Crippen LogP contribution in [-0.2, 0) is 20.7 Å². The summed E-state index contributed by atoms with van der Waals surface area (Å²) in [6.07, 6.45) is 1.29. The van der Waals surface area contributed by atoms with Crippen LogP contribution in [0.1, 0.15) is 32.3 Å². The second-order valence-electron chi connectivity index (χ2n) is 9.26. The number of para-hydroxylation sites is 1. The minimum absolute atomic E-state index is 0.0420. The number of phenolic OH excluding ortho intramolecular Hbond substituents is 1. The van der Waals surface area contributed by atoms with Crippen LogP contribution >= 0.6 is 0 Å². The number of rotatable bonds is 8. The molecule has 1 fully saturated rings. The van der Waals surface area contributed by atoms with Gasteiger partial charge in [0.1, 0.15) is 17.1 Å². The molecule has 1 heterocycles. The molecule has 6 nitrogen and oxygen atoms in total. The third kappa shape index (κ3) is 5.16. The summed E-state index contributed by atoms with van der Waals surface area (Å²) in [5.41, 5.74) is 1.56. The highest BCUT2D eigenvalue weighted by molar-refractivity contribution is 6.09. The van der Waals surface area contributed by atoms with Gasteiger partial charge in [-0.15, -0.1) is 0 Å². The number of hydrogen-bond acceptors (Lipinski definition) is 6. The lowest BCUT2D eigenvalue weighted by atomic mass is 9.77. The summed E-state index contributed by atoms with van der Waals surface area (Å²) in [4.78, 5) is 29.0. The molecule has 182 valence electrons. The molecule has 1 N–H and O–H groups in total. The molecular weight excluding hydrogens is 442 g/mol. The summed E-state index contributed by atoms with van der Waals surface area (Å²) in [6.45, 7) is 3.96. The smallest absolute Gasteiger partial charge is 0.337 e. The van der Waals surface area contributed by atoms with Crippen LogP contribution in [0.2, 0.25) is 0 Å². The molecule has 2 atom stereocenters. The molecular formula is C29H31NO5. The Hall–Kier alpha value is -3.80. The van der Waals surface area contributed by atoms with Crippen LogP contribution in [0.25, 0.3) is 0 Å². The van der Waals surface area contributed by atoms with Crippen molar-refractivity contribution in [3.8, 4) is 11.5 Å². The summed E-state index contributed by atoms with van der Waals surface area (Å²) in [5, 5.41) is 9.55. The zero-order chi connectivity index (χ0) is 25.0. The van der Waals surface area contributed by atoms with E-state index < -0.39 is 17.6 Å². The number of aromatic hydroxyl groups is 1. The van der Waals surface area contributed by atoms with Gasteiger partial charge in [-0.1, -0.05) is 44.2 Å². The van der Waals surface area contributed by atoms with Gasteiger partial charge < -0.3 is 19.5 Å². The summed E-state index contributed by atoms with van der Waals surface area (Å²) in [6, 6.07) is 22.6. The predicted molar refractivity (Wildman–Crippen MR) is 135 cm³/mol. The van der Waals surface area contributed by atoms with Crippen molar-refractivity contribution in [3.05, 3.63) is 84.4 Å². The van der Waals surface area contributed by atoms with Gasteiger partial charge >= 0.3 is 5.97 Å². The number of anilines is 2. The zero-order valence-electron chi connectivity index (χ0n) is 20.3. The first-order valence-electron chi connectivity index (χ1n) is 11.8. The molecule has 0 radical (unpaired) electrons. The number of benzene rings is 3. The van der Waals surface area contributed by atoms with Gasteiger partial charge in [0.2, 0.25) is 0 Å². The van der Waals surface area contributed by atoms with Gasteiger partial charge in [-0.2, -0.15) is 0 Å². The van der Waals surface area contributed by atoms with Gasteiger partial charge in [0.05, 0.1) is 7.11 Å². The molecule has 0 aliphatic carbocycles. The number of nitrogens with zero attached hydrogens (tertiary/aromatic N) is 1. The zero-order valence-corrected chi connectivity index (χ0v) is 20.3. The molecule has 35 heavy (non-hydrogen) atoms. The fourth-order valence-electron chi connectivity index (χ4n) is 4.61. The number of ketones is 1. The van der Waals surface area contributed by atoms with Crippen LogP contribution in [-0.4, -0.2) is 35.6 Å². The topological polar surface area (TPSA) is 76.1 Å². The molecule has 0 amide bonds. The van der Waals surface area contributed by atoms with E-state index in [4.69, 9.17) is 9.47 Å². The van der Waals surface area contributed by atoms with E-state index in [2.05, 4.69) is 0 Å². The van der Waals surface area contributed by atoms with E-state index in [9.17, 15) is 14.7 Å². The third-order valence-corrected chi connectivity index (χ3v) is 6.77. The molecule has 3 aromatic carbocycles. The number of hydrogen-bond donors (Lipinski definition) is 1. The highest BCUT2D eigenvalue weighted by Gasteiger charge is 2.50. The van der Waals surface area contributed by atoms with E-state index in [0.29, 0.717) is 24.3 Å². The van der Waals surface area contributed by atoms with Crippen molar-refractivity contribution in [1.29, 1.82) is 0 Å². The molecule has 0 aromatic heterocycles. The van der Waals surface area contributed by atoms with Crippen molar-refractivity contribution >= 4 is 23.1 Å². The molecule has 0 spiro atoms. The standard InChI is InChI=1S/C29H31NO5/c1-20(2)29(18-17-21-9-13-24(31)14-10-21)19-26(32)27(28(33)35-29)30(22-7-5-4-6-8-22)23-11-15-25(34-3)16-12-23/h4-16,20,27,31H,17-19H2,1-3H3. The maximum Gasteiger partial charge on any atom is 0.337 e. The molecule has 1 saturated heterocycles. The molecule has 0 saturated carbocycles. The van der Waals surface area contributed by atoms with E-state index in [1.807, 2.05) is 68.4 Å². The maximum absolute atomic E-state index is 13.7. The van der Waals surface area contributed by atoms with Crippen LogP contribution in [0.4, 0.5) is 11.4 Å². The summed E-state index contributed by atoms with van der Waals surface area (Å²) in [7, 11) is 1.59. The molecule has 3 aromatic rings. The molecule has 0 bridgehead atoms. The number of Topliss-reactive ketones (excluding diaryl/α,β-unsaturated/α-hetero) is 1. The number of carbonyl (C=O) groups excluding carboxylic acids is 2. The summed E-state index contributed by atoms with van der Waals surface area (Å²) >= 11 is 0. The van der Waals surface area contributed by atoms with Crippen LogP contribution < -0.4 is 9.64 Å². The second kappa shape index (κ2) is 10.2. The van der Waals surface area contributed by atoms with Crippen molar-refractivity contribution in [2.24, 2.45) is 5.92 Å². The first-order valence-corrected chi connectivity index (χ1v) is 11.8. The van der Waals surface area contributed by atoms with Gasteiger partial charge in [-0.05, 0) is 72.9 Å². The second-order valence-corrected chi connectivity index (χ2v) is 9.26. The van der Waals surface area contributed by atoms with Gasteiger partial charge in [0.25, 0.3) is 0 Å². The Morgan fingerprint density at radius 2 is 1.60 bits per heavy atom. The number of methoxy groups -OCH3 is 1. The van der Waals surface area contributed by atoms with Crippen molar-refractivity contribution in [3.63, 3.8) is 0 Å². The maximum atomic E-state index is 13.7. The lowest BCUT2D eigenvalue weighted by Crippen LogP contribution is -2.58. The van der Waals surface area contributed by atoms with E-state index in [0.717, 1.165) is 11.3 Å². The van der Waals surface area contributed by atoms with Gasteiger partial charge in [-0.25, -0.2) is 4.79 Å². The van der Waals surface area contributed by atoms with E-state index in [1.165, 1.54) is 0 Å². The largest absolute Gasteiger partial charge is 0.508 e. The number of carbonyl (C=O) groups is 2. The molecule has 1 aliphatic heterocycles. The Kier molecular flexibility index (Phi) is 7.10. The average molecular weight is 474 g/mol. The van der Waals surface area contributed by atoms with Crippen molar-refractivity contribution in [2.75, 3.05) is 12.0 Å². The van der Waals surface area contributed by atoms with Crippen molar-refractivity contribution in [1.82, 2.24) is 0 Å². The molecule has 4 rings (SSSR count). The molecule has 2 unspecified atom stereocenters. The first kappa shape index (κ1) is 24.3. The average Bonchev–Trinajstić information content (AvgIpc) is 2.86. The number of aryl methyl sites for hydroxylation is 1. The lowest BCUT2D eigenvalue weighted by molar-refractivity contribution is -0.179. The Bertz CT molecular complexity index is 1140. The lowest BCUT2D eigenvalue weighted by Gasteiger charge is -2.44. The first-order chi connectivity index (χ1) is 16.8. The number of cyclic esters (lactones) is 1.